The van der Waals surface area contributed by atoms with Gasteiger partial charge in [-0.15, -0.1) is 0 Å². The van der Waals surface area contributed by atoms with Gasteiger partial charge in [0.2, 0.25) is 0 Å². The molecule has 4 rings (SSSR count). The third kappa shape index (κ3) is 3.23. The largest absolute Gasteiger partial charge is 0.360 e. The van der Waals surface area contributed by atoms with E-state index >= 15 is 0 Å². The van der Waals surface area contributed by atoms with Gasteiger partial charge in [0.15, 0.2) is 0 Å². The van der Waals surface area contributed by atoms with Crippen LogP contribution in [0.2, 0.25) is 0 Å². The second-order valence-electron chi connectivity index (χ2n) is 6.32. The van der Waals surface area contributed by atoms with E-state index in [9.17, 15) is 18.8 Å². The third-order valence-electron chi connectivity index (χ3n) is 4.70. The molecule has 2 aromatic heterocycles. The van der Waals surface area contributed by atoms with E-state index in [1.165, 1.54) is 40.6 Å². The summed E-state index contributed by atoms with van der Waals surface area (Å²) in [5.74, 6) is -1.85. The zero-order chi connectivity index (χ0) is 19.0. The number of hydrogen-bond donors (Lipinski definition) is 1. The maximum Gasteiger partial charge on any atom is 0.295 e. The monoisotopic (exact) mass is 385 g/mol. The van der Waals surface area contributed by atoms with Crippen LogP contribution in [-0.4, -0.2) is 58.6 Å². The van der Waals surface area contributed by atoms with Crippen molar-refractivity contribution in [1.82, 2.24) is 14.8 Å². The Morgan fingerprint density at radius 3 is 2.48 bits per heavy atom. The number of nitrogens with one attached hydrogen (secondary N) is 1. The summed E-state index contributed by atoms with van der Waals surface area (Å²) in [5, 5.41) is 4.02. The van der Waals surface area contributed by atoms with Crippen LogP contribution in [-0.2, 0) is 4.79 Å². The highest BCUT2D eigenvalue weighted by Crippen LogP contribution is 2.21. The number of hydrogen-bond acceptors (Lipinski definition) is 4. The number of aromatic nitrogens is 1. The van der Waals surface area contributed by atoms with E-state index in [0.29, 0.717) is 29.6 Å². The van der Waals surface area contributed by atoms with Gasteiger partial charge in [0.25, 0.3) is 17.6 Å². The fraction of sp³-hybridized carbons (Fsp3) is 0.211. The minimum Gasteiger partial charge on any atom is -0.360 e. The van der Waals surface area contributed by atoms with Crippen molar-refractivity contribution < 1.29 is 18.8 Å². The second-order valence-corrected chi connectivity index (χ2v) is 7.10. The quantitative estimate of drug-likeness (QED) is 0.556. The van der Waals surface area contributed by atoms with Crippen LogP contribution >= 0.6 is 11.3 Å². The summed E-state index contributed by atoms with van der Waals surface area (Å²) in [6.07, 6.45) is 1.43. The Kier molecular flexibility index (Phi) is 4.49. The number of amides is 2. The van der Waals surface area contributed by atoms with E-state index in [1.807, 2.05) is 5.38 Å². The number of rotatable bonds is 3. The van der Waals surface area contributed by atoms with Gasteiger partial charge in [-0.2, -0.15) is 11.3 Å². The molecule has 8 heteroatoms. The molecule has 1 fully saturated rings. The Labute approximate surface area is 158 Å². The highest BCUT2D eigenvalue weighted by Gasteiger charge is 2.30. The molecule has 27 heavy (non-hydrogen) atoms. The van der Waals surface area contributed by atoms with Crippen LogP contribution in [0, 0.1) is 5.82 Å². The van der Waals surface area contributed by atoms with E-state index < -0.39 is 17.5 Å². The lowest BCUT2D eigenvalue weighted by atomic mass is 10.1. The van der Waals surface area contributed by atoms with Gasteiger partial charge < -0.3 is 14.8 Å². The number of nitrogens with zero attached hydrogens (tertiary/aromatic N) is 2. The fourth-order valence-corrected chi connectivity index (χ4v) is 3.85. The number of aromatic amines is 1. The number of carbonyl (C=O) groups is 3. The highest BCUT2D eigenvalue weighted by molar-refractivity contribution is 7.08. The van der Waals surface area contributed by atoms with Crippen molar-refractivity contribution in [2.45, 2.75) is 0 Å². The number of ketones is 1. The first-order chi connectivity index (χ1) is 13.0. The first-order valence-electron chi connectivity index (χ1n) is 8.46. The molecule has 1 N–H and O–H groups in total. The number of thiophene rings is 1. The number of carbonyl (C=O) groups excluding carboxylic acids is 3. The van der Waals surface area contributed by atoms with Crippen LogP contribution in [0.3, 0.4) is 0 Å². The van der Waals surface area contributed by atoms with Crippen molar-refractivity contribution in [1.29, 1.82) is 0 Å². The molecule has 0 bridgehead atoms. The summed E-state index contributed by atoms with van der Waals surface area (Å²) in [5.41, 5.74) is 1.39. The lowest BCUT2D eigenvalue weighted by Crippen LogP contribution is -2.52. The van der Waals surface area contributed by atoms with Crippen LogP contribution in [0.4, 0.5) is 4.39 Å². The van der Waals surface area contributed by atoms with Crippen LogP contribution in [0.15, 0.2) is 41.2 Å². The second kappa shape index (κ2) is 6.96. The first-order valence-corrected chi connectivity index (χ1v) is 9.40. The standard InChI is InChI=1S/C19H16FN3O3S/c20-13-1-2-16-14(9-13)15(10-21-16)17(24)19(26)23-6-4-22(5-7-23)18(25)12-3-8-27-11-12/h1-3,8-11,21H,4-7H2. The van der Waals surface area contributed by atoms with Crippen LogP contribution in [0.25, 0.3) is 10.9 Å². The molecule has 6 nitrogen and oxygen atoms in total. The van der Waals surface area contributed by atoms with E-state index in [0.717, 1.165) is 0 Å². The van der Waals surface area contributed by atoms with Gasteiger partial charge in [0, 0.05) is 48.7 Å². The molecule has 0 aliphatic carbocycles. The predicted molar refractivity (Wildman–Crippen MR) is 99.4 cm³/mol. The Morgan fingerprint density at radius 1 is 1.04 bits per heavy atom. The van der Waals surface area contributed by atoms with E-state index in [2.05, 4.69) is 4.98 Å². The van der Waals surface area contributed by atoms with Crippen molar-refractivity contribution in [3.8, 4) is 0 Å². The fourth-order valence-electron chi connectivity index (χ4n) is 3.22. The number of H-pyrrole nitrogens is 1. The molecular formula is C19H16FN3O3S. The summed E-state index contributed by atoms with van der Waals surface area (Å²) in [6, 6.07) is 5.83. The maximum absolute atomic E-state index is 13.5. The topological polar surface area (TPSA) is 73.5 Å². The van der Waals surface area contributed by atoms with Gasteiger partial charge in [0.05, 0.1) is 11.1 Å². The molecule has 0 saturated carbocycles. The molecule has 0 atom stereocenters. The van der Waals surface area contributed by atoms with E-state index in [4.69, 9.17) is 0 Å². The zero-order valence-electron chi connectivity index (χ0n) is 14.3. The smallest absolute Gasteiger partial charge is 0.295 e. The lowest BCUT2D eigenvalue weighted by Gasteiger charge is -2.34. The van der Waals surface area contributed by atoms with E-state index in [1.54, 1.807) is 16.3 Å². The molecule has 1 aliphatic heterocycles. The van der Waals surface area contributed by atoms with Crippen molar-refractivity contribution in [3.05, 3.63) is 58.2 Å². The minimum atomic E-state index is -0.676. The van der Waals surface area contributed by atoms with Crippen LogP contribution in [0.1, 0.15) is 20.7 Å². The van der Waals surface area contributed by atoms with Crippen molar-refractivity contribution in [2.75, 3.05) is 26.2 Å². The van der Waals surface area contributed by atoms with Gasteiger partial charge in [0.1, 0.15) is 5.82 Å². The molecule has 3 aromatic rings. The van der Waals surface area contributed by atoms with Crippen LogP contribution in [0.5, 0.6) is 0 Å². The number of halogens is 1. The lowest BCUT2D eigenvalue weighted by molar-refractivity contribution is -0.127. The molecule has 0 spiro atoms. The average Bonchev–Trinajstić information content (AvgIpc) is 3.36. The number of Topliss-reactive ketones (excluding diaryl/α,β-unsaturated/α-hetero) is 1. The molecular weight excluding hydrogens is 369 g/mol. The first kappa shape index (κ1) is 17.4. The number of fused-ring (bicyclic) bond motifs is 1. The van der Waals surface area contributed by atoms with Crippen molar-refractivity contribution >= 4 is 39.8 Å². The van der Waals surface area contributed by atoms with Gasteiger partial charge >= 0.3 is 0 Å². The summed E-state index contributed by atoms with van der Waals surface area (Å²) in [4.78, 5) is 43.6. The Morgan fingerprint density at radius 2 is 1.78 bits per heavy atom. The Balaban J connectivity index is 1.45. The van der Waals surface area contributed by atoms with Crippen LogP contribution < -0.4 is 0 Å². The zero-order valence-corrected chi connectivity index (χ0v) is 15.1. The molecule has 138 valence electrons. The molecule has 3 heterocycles. The summed E-state index contributed by atoms with van der Waals surface area (Å²) < 4.78 is 13.5. The number of piperazine rings is 1. The molecule has 2 amide bonds. The predicted octanol–water partition coefficient (Wildman–Crippen LogP) is 2.54. The molecule has 1 aliphatic rings. The SMILES string of the molecule is O=C(C(=O)N1CCN(C(=O)c2ccsc2)CC1)c1c[nH]c2ccc(F)cc12. The minimum absolute atomic E-state index is 0.0678. The average molecular weight is 385 g/mol. The van der Waals surface area contributed by atoms with Crippen molar-refractivity contribution in [3.63, 3.8) is 0 Å². The molecule has 1 saturated heterocycles. The van der Waals surface area contributed by atoms with Gasteiger partial charge in [-0.1, -0.05) is 0 Å². The third-order valence-corrected chi connectivity index (χ3v) is 5.39. The summed E-state index contributed by atoms with van der Waals surface area (Å²) in [7, 11) is 0. The van der Waals surface area contributed by atoms with Gasteiger partial charge in [-0.3, -0.25) is 14.4 Å². The summed E-state index contributed by atoms with van der Waals surface area (Å²) >= 11 is 1.46. The van der Waals surface area contributed by atoms with E-state index in [-0.39, 0.29) is 24.6 Å². The maximum atomic E-state index is 13.5. The highest BCUT2D eigenvalue weighted by atomic mass is 32.1. The normalized spacial score (nSPS) is 14.6. The van der Waals surface area contributed by atoms with Crippen molar-refractivity contribution in [2.24, 2.45) is 0 Å². The van der Waals surface area contributed by atoms with Gasteiger partial charge in [-0.05, 0) is 29.6 Å². The Hall–Kier alpha value is -3.00. The van der Waals surface area contributed by atoms with Gasteiger partial charge in [-0.25, -0.2) is 4.39 Å². The Bertz CT molecular complexity index is 1020. The molecule has 0 unspecified atom stereocenters. The number of benzene rings is 1. The molecule has 1 aromatic carbocycles. The molecule has 0 radical (unpaired) electrons. The summed E-state index contributed by atoms with van der Waals surface area (Å²) in [6.45, 7) is 1.32.